The highest BCUT2D eigenvalue weighted by molar-refractivity contribution is 4.73. The molecule has 2 heteroatoms. The molecule has 0 bridgehead atoms. The SMILES string of the molecule is CCC1CCC(CNCCCF)CC1. The summed E-state index contributed by atoms with van der Waals surface area (Å²) in [5.74, 6) is 1.84. The molecule has 0 radical (unpaired) electrons. The van der Waals surface area contributed by atoms with E-state index >= 15 is 0 Å². The summed E-state index contributed by atoms with van der Waals surface area (Å²) in [5.41, 5.74) is 0. The summed E-state index contributed by atoms with van der Waals surface area (Å²) in [5, 5.41) is 3.35. The molecule has 0 atom stereocenters. The van der Waals surface area contributed by atoms with Crippen LogP contribution in [0.5, 0.6) is 0 Å². The van der Waals surface area contributed by atoms with Gasteiger partial charge in [-0.2, -0.15) is 0 Å². The third kappa shape index (κ3) is 4.41. The van der Waals surface area contributed by atoms with Gasteiger partial charge in [0.2, 0.25) is 0 Å². The van der Waals surface area contributed by atoms with Gasteiger partial charge in [-0.05, 0) is 44.2 Å². The van der Waals surface area contributed by atoms with Gasteiger partial charge in [0.15, 0.2) is 0 Å². The van der Waals surface area contributed by atoms with E-state index in [4.69, 9.17) is 0 Å². The Morgan fingerprint density at radius 1 is 1.14 bits per heavy atom. The molecule has 1 saturated carbocycles. The number of nitrogens with one attached hydrogen (secondary N) is 1. The molecule has 14 heavy (non-hydrogen) atoms. The zero-order valence-electron chi connectivity index (χ0n) is 9.40. The van der Waals surface area contributed by atoms with E-state index < -0.39 is 0 Å². The average molecular weight is 201 g/mol. The number of hydrogen-bond donors (Lipinski definition) is 1. The molecule has 0 aliphatic heterocycles. The average Bonchev–Trinajstić information content (AvgIpc) is 2.25. The Morgan fingerprint density at radius 3 is 2.36 bits per heavy atom. The highest BCUT2D eigenvalue weighted by Gasteiger charge is 2.19. The van der Waals surface area contributed by atoms with Crippen LogP contribution in [0.4, 0.5) is 4.39 Å². The number of hydrogen-bond acceptors (Lipinski definition) is 1. The van der Waals surface area contributed by atoms with Crippen LogP contribution in [0, 0.1) is 11.8 Å². The molecule has 0 aromatic rings. The molecule has 0 aromatic heterocycles. The van der Waals surface area contributed by atoms with E-state index in [0.29, 0.717) is 6.42 Å². The molecule has 1 aliphatic rings. The maximum absolute atomic E-state index is 11.8. The second kappa shape index (κ2) is 7.22. The molecule has 1 N–H and O–H groups in total. The van der Waals surface area contributed by atoms with Crippen molar-refractivity contribution in [2.45, 2.75) is 45.4 Å². The molecule has 1 rings (SSSR count). The topological polar surface area (TPSA) is 12.0 Å². The first-order valence-corrected chi connectivity index (χ1v) is 6.13. The Balaban J connectivity index is 1.98. The summed E-state index contributed by atoms with van der Waals surface area (Å²) >= 11 is 0. The Labute approximate surface area is 87.5 Å². The molecule has 0 saturated heterocycles. The quantitative estimate of drug-likeness (QED) is 0.651. The number of halogens is 1. The van der Waals surface area contributed by atoms with E-state index in [9.17, 15) is 4.39 Å². The Kier molecular flexibility index (Phi) is 6.17. The lowest BCUT2D eigenvalue weighted by Gasteiger charge is -2.27. The van der Waals surface area contributed by atoms with Crippen LogP contribution in [0.3, 0.4) is 0 Å². The van der Waals surface area contributed by atoms with Gasteiger partial charge in [-0.3, -0.25) is 4.39 Å². The Morgan fingerprint density at radius 2 is 1.79 bits per heavy atom. The van der Waals surface area contributed by atoms with Gasteiger partial charge in [0.1, 0.15) is 0 Å². The minimum Gasteiger partial charge on any atom is -0.316 e. The van der Waals surface area contributed by atoms with Gasteiger partial charge >= 0.3 is 0 Å². The highest BCUT2D eigenvalue weighted by atomic mass is 19.1. The molecule has 84 valence electrons. The first kappa shape index (κ1) is 12.0. The van der Waals surface area contributed by atoms with Crippen molar-refractivity contribution in [2.24, 2.45) is 11.8 Å². The number of alkyl halides is 1. The van der Waals surface area contributed by atoms with Crippen molar-refractivity contribution in [3.63, 3.8) is 0 Å². The van der Waals surface area contributed by atoms with Crippen molar-refractivity contribution in [2.75, 3.05) is 19.8 Å². The molecular weight excluding hydrogens is 177 g/mol. The zero-order valence-corrected chi connectivity index (χ0v) is 9.40. The molecule has 0 amide bonds. The Bertz CT molecular complexity index is 130. The van der Waals surface area contributed by atoms with Crippen LogP contribution < -0.4 is 5.32 Å². The minimum absolute atomic E-state index is 0.185. The van der Waals surface area contributed by atoms with Gasteiger partial charge in [0.25, 0.3) is 0 Å². The van der Waals surface area contributed by atoms with Crippen LogP contribution in [-0.2, 0) is 0 Å². The van der Waals surface area contributed by atoms with Crippen molar-refractivity contribution in [3.05, 3.63) is 0 Å². The van der Waals surface area contributed by atoms with Crippen molar-refractivity contribution >= 4 is 0 Å². The van der Waals surface area contributed by atoms with E-state index in [-0.39, 0.29) is 6.67 Å². The summed E-state index contributed by atoms with van der Waals surface area (Å²) in [6, 6.07) is 0. The molecule has 0 heterocycles. The fourth-order valence-corrected chi connectivity index (χ4v) is 2.34. The van der Waals surface area contributed by atoms with Gasteiger partial charge in [-0.1, -0.05) is 26.2 Å². The van der Waals surface area contributed by atoms with Crippen molar-refractivity contribution in [1.82, 2.24) is 5.32 Å². The smallest absolute Gasteiger partial charge is 0.0906 e. The fourth-order valence-electron chi connectivity index (χ4n) is 2.34. The summed E-state index contributed by atoms with van der Waals surface area (Å²) in [6.07, 6.45) is 7.59. The minimum atomic E-state index is -0.185. The van der Waals surface area contributed by atoms with E-state index in [1.54, 1.807) is 0 Å². The van der Waals surface area contributed by atoms with Crippen LogP contribution in [0.1, 0.15) is 45.4 Å². The van der Waals surface area contributed by atoms with Crippen LogP contribution in [0.2, 0.25) is 0 Å². The second-order valence-electron chi connectivity index (χ2n) is 4.54. The van der Waals surface area contributed by atoms with Crippen LogP contribution in [-0.4, -0.2) is 19.8 Å². The normalized spacial score (nSPS) is 27.9. The van der Waals surface area contributed by atoms with E-state index in [1.165, 1.54) is 32.1 Å². The van der Waals surface area contributed by atoms with Crippen LogP contribution in [0.15, 0.2) is 0 Å². The lowest BCUT2D eigenvalue weighted by molar-refractivity contribution is 0.262. The summed E-state index contributed by atoms with van der Waals surface area (Å²) in [4.78, 5) is 0. The van der Waals surface area contributed by atoms with Crippen molar-refractivity contribution in [3.8, 4) is 0 Å². The lowest BCUT2D eigenvalue weighted by atomic mass is 9.81. The van der Waals surface area contributed by atoms with E-state index in [0.717, 1.165) is 24.9 Å². The molecule has 0 aromatic carbocycles. The van der Waals surface area contributed by atoms with Gasteiger partial charge in [-0.25, -0.2) is 0 Å². The van der Waals surface area contributed by atoms with E-state index in [2.05, 4.69) is 12.2 Å². The predicted octanol–water partition coefficient (Wildman–Crippen LogP) is 3.15. The van der Waals surface area contributed by atoms with E-state index in [1.807, 2.05) is 0 Å². The van der Waals surface area contributed by atoms with Gasteiger partial charge in [0.05, 0.1) is 6.67 Å². The summed E-state index contributed by atoms with van der Waals surface area (Å²) < 4.78 is 11.8. The standard InChI is InChI=1S/C12H24FN/c1-2-11-4-6-12(7-5-11)10-14-9-3-8-13/h11-12,14H,2-10H2,1H3. The van der Waals surface area contributed by atoms with Gasteiger partial charge < -0.3 is 5.32 Å². The summed E-state index contributed by atoms with van der Waals surface area (Å²) in [7, 11) is 0. The second-order valence-corrected chi connectivity index (χ2v) is 4.54. The van der Waals surface area contributed by atoms with Crippen molar-refractivity contribution in [1.29, 1.82) is 0 Å². The third-order valence-electron chi connectivity index (χ3n) is 3.46. The zero-order chi connectivity index (χ0) is 10.2. The molecule has 1 aliphatic carbocycles. The lowest BCUT2D eigenvalue weighted by Crippen LogP contribution is -2.27. The third-order valence-corrected chi connectivity index (χ3v) is 3.46. The van der Waals surface area contributed by atoms with Crippen LogP contribution >= 0.6 is 0 Å². The molecule has 0 unspecified atom stereocenters. The van der Waals surface area contributed by atoms with Gasteiger partial charge in [-0.15, -0.1) is 0 Å². The highest BCUT2D eigenvalue weighted by Crippen LogP contribution is 2.29. The number of rotatable bonds is 6. The largest absolute Gasteiger partial charge is 0.316 e. The molecule has 1 fully saturated rings. The fraction of sp³-hybridized carbons (Fsp3) is 1.00. The van der Waals surface area contributed by atoms with Gasteiger partial charge in [0, 0.05) is 0 Å². The molecule has 1 nitrogen and oxygen atoms in total. The first-order chi connectivity index (χ1) is 6.86. The summed E-state index contributed by atoms with van der Waals surface area (Å²) in [6.45, 7) is 4.07. The first-order valence-electron chi connectivity index (χ1n) is 6.13. The predicted molar refractivity (Wildman–Crippen MR) is 59.2 cm³/mol. The van der Waals surface area contributed by atoms with Crippen LogP contribution in [0.25, 0.3) is 0 Å². The molecule has 0 spiro atoms. The Hall–Kier alpha value is -0.110. The maximum atomic E-state index is 11.8. The molecular formula is C12H24FN. The monoisotopic (exact) mass is 201 g/mol. The van der Waals surface area contributed by atoms with Crippen molar-refractivity contribution < 1.29 is 4.39 Å². The maximum Gasteiger partial charge on any atom is 0.0906 e.